The highest BCUT2D eigenvalue weighted by molar-refractivity contribution is 8.00. The fourth-order valence-corrected chi connectivity index (χ4v) is 3.16. The molecule has 1 aromatic rings. The van der Waals surface area contributed by atoms with Crippen molar-refractivity contribution < 1.29 is 24.2 Å². The van der Waals surface area contributed by atoms with Crippen molar-refractivity contribution in [1.82, 2.24) is 4.90 Å². The van der Waals surface area contributed by atoms with E-state index in [1.165, 1.54) is 16.7 Å². The minimum absolute atomic E-state index is 0.0363. The van der Waals surface area contributed by atoms with Crippen molar-refractivity contribution in [3.05, 3.63) is 29.8 Å². The quantitative estimate of drug-likeness (QED) is 0.789. The van der Waals surface area contributed by atoms with Crippen LogP contribution in [-0.4, -0.2) is 64.6 Å². The summed E-state index contributed by atoms with van der Waals surface area (Å²) in [6, 6.07) is 7.46. The topological polar surface area (TPSA) is 95.9 Å². The van der Waals surface area contributed by atoms with Crippen LogP contribution in [0.15, 0.2) is 24.3 Å². The molecule has 1 aromatic carbocycles. The zero-order valence-corrected chi connectivity index (χ0v) is 15.0. The highest BCUT2D eigenvalue weighted by Crippen LogP contribution is 2.14. The molecule has 0 saturated carbocycles. The summed E-state index contributed by atoms with van der Waals surface area (Å²) in [6.07, 6.45) is -1.32. The molecule has 1 unspecified atom stereocenters. The van der Waals surface area contributed by atoms with Crippen molar-refractivity contribution in [2.24, 2.45) is 0 Å². The van der Waals surface area contributed by atoms with E-state index in [-0.39, 0.29) is 36.0 Å². The number of thioether (sulfide) groups is 1. The summed E-state index contributed by atoms with van der Waals surface area (Å²) in [6.45, 7) is 4.10. The van der Waals surface area contributed by atoms with Crippen LogP contribution < -0.4 is 5.32 Å². The van der Waals surface area contributed by atoms with Gasteiger partial charge in [0.2, 0.25) is 11.8 Å². The molecule has 8 heteroatoms. The molecule has 136 valence electrons. The van der Waals surface area contributed by atoms with Gasteiger partial charge in [-0.15, -0.1) is 11.8 Å². The molecule has 2 atom stereocenters. The maximum Gasteiger partial charge on any atom is 0.334 e. The van der Waals surface area contributed by atoms with E-state index in [1.807, 2.05) is 31.2 Å². The molecule has 2 amide bonds. The van der Waals surface area contributed by atoms with Crippen LogP contribution in [0.25, 0.3) is 0 Å². The minimum Gasteiger partial charge on any atom is -0.479 e. The largest absolute Gasteiger partial charge is 0.479 e. The van der Waals surface area contributed by atoms with Gasteiger partial charge in [0.05, 0.1) is 24.2 Å². The number of nitrogens with one attached hydrogen (secondary N) is 1. The van der Waals surface area contributed by atoms with Crippen molar-refractivity contribution in [2.75, 3.05) is 29.9 Å². The summed E-state index contributed by atoms with van der Waals surface area (Å²) in [4.78, 5) is 36.6. The van der Waals surface area contributed by atoms with Crippen molar-refractivity contribution in [2.45, 2.75) is 26.1 Å². The maximum absolute atomic E-state index is 12.2. The van der Waals surface area contributed by atoms with E-state index >= 15 is 0 Å². The average molecular weight is 366 g/mol. The lowest BCUT2D eigenvalue weighted by Gasteiger charge is -2.34. The Labute approximate surface area is 150 Å². The van der Waals surface area contributed by atoms with Crippen molar-refractivity contribution >= 4 is 35.2 Å². The summed E-state index contributed by atoms with van der Waals surface area (Å²) >= 11 is 1.20. The Hall–Kier alpha value is -2.06. The molecule has 7 nitrogen and oxygen atoms in total. The minimum atomic E-state index is -1.07. The molecular weight excluding hydrogens is 344 g/mol. The van der Waals surface area contributed by atoms with Gasteiger partial charge in [-0.05, 0) is 26.0 Å². The van der Waals surface area contributed by atoms with E-state index in [1.54, 1.807) is 6.92 Å². The third-order valence-electron chi connectivity index (χ3n) is 3.68. The summed E-state index contributed by atoms with van der Waals surface area (Å²) in [7, 11) is 0. The smallest absolute Gasteiger partial charge is 0.334 e. The monoisotopic (exact) mass is 366 g/mol. The lowest BCUT2D eigenvalue weighted by molar-refractivity contribution is -0.165. The van der Waals surface area contributed by atoms with Crippen LogP contribution in [0.3, 0.4) is 0 Å². The van der Waals surface area contributed by atoms with Crippen LogP contribution in [0.5, 0.6) is 0 Å². The average Bonchev–Trinajstić information content (AvgIpc) is 2.56. The van der Waals surface area contributed by atoms with Crippen LogP contribution in [-0.2, 0) is 19.1 Å². The van der Waals surface area contributed by atoms with Gasteiger partial charge >= 0.3 is 5.97 Å². The Balaban J connectivity index is 1.74. The van der Waals surface area contributed by atoms with Crippen LogP contribution in [0.2, 0.25) is 0 Å². The van der Waals surface area contributed by atoms with Gasteiger partial charge < -0.3 is 20.1 Å². The van der Waals surface area contributed by atoms with Crippen LogP contribution in [0, 0.1) is 6.92 Å². The number of rotatable bonds is 6. The Morgan fingerprint density at radius 1 is 1.24 bits per heavy atom. The normalized spacial score (nSPS) is 20.2. The van der Waals surface area contributed by atoms with Gasteiger partial charge in [-0.2, -0.15) is 0 Å². The van der Waals surface area contributed by atoms with Gasteiger partial charge in [0.25, 0.3) is 0 Å². The van der Waals surface area contributed by atoms with E-state index in [9.17, 15) is 14.4 Å². The van der Waals surface area contributed by atoms with Crippen molar-refractivity contribution in [1.29, 1.82) is 0 Å². The molecule has 0 aliphatic carbocycles. The Morgan fingerprint density at radius 2 is 1.92 bits per heavy atom. The van der Waals surface area contributed by atoms with Gasteiger partial charge in [0, 0.05) is 12.2 Å². The lowest BCUT2D eigenvalue weighted by atomic mass is 10.2. The number of benzene rings is 1. The molecule has 0 radical (unpaired) electrons. The molecule has 1 fully saturated rings. The first-order chi connectivity index (χ1) is 11.8. The third kappa shape index (κ3) is 6.06. The lowest BCUT2D eigenvalue weighted by Crippen LogP contribution is -2.52. The fourth-order valence-electron chi connectivity index (χ4n) is 2.45. The molecule has 1 aliphatic heterocycles. The van der Waals surface area contributed by atoms with Crippen LogP contribution in [0.4, 0.5) is 5.69 Å². The molecule has 2 N–H and O–H groups in total. The number of anilines is 1. The van der Waals surface area contributed by atoms with Crippen LogP contribution in [0.1, 0.15) is 12.5 Å². The van der Waals surface area contributed by atoms with E-state index in [4.69, 9.17) is 9.84 Å². The zero-order valence-electron chi connectivity index (χ0n) is 14.2. The summed E-state index contributed by atoms with van der Waals surface area (Å²) in [5.74, 6) is -1.16. The summed E-state index contributed by atoms with van der Waals surface area (Å²) < 4.78 is 5.28. The number of amides is 2. The van der Waals surface area contributed by atoms with Gasteiger partial charge in [-0.3, -0.25) is 9.59 Å². The number of aryl methyl sites for hydroxylation is 1. The number of aliphatic carboxylic acids is 1. The third-order valence-corrected chi connectivity index (χ3v) is 4.60. The molecule has 1 saturated heterocycles. The van der Waals surface area contributed by atoms with E-state index in [0.717, 1.165) is 5.56 Å². The summed E-state index contributed by atoms with van der Waals surface area (Å²) in [5, 5.41) is 11.8. The Kier molecular flexibility index (Phi) is 6.83. The molecule has 1 aliphatic rings. The Bertz CT molecular complexity index is 634. The number of carbonyl (C=O) groups is 3. The second-order valence-corrected chi connectivity index (χ2v) is 6.96. The number of carboxylic acids is 1. The highest BCUT2D eigenvalue weighted by atomic mass is 32.2. The standard InChI is InChI=1S/C17H22N2O5S/c1-11-3-5-13(6-4-11)18-15(20)9-25-10-16(21)19-7-12(2)24-14(8-19)17(22)23/h3-6,12,14H,7-10H2,1-2H3,(H,18,20)(H,22,23)/t12-,14?/m1/s1. The maximum atomic E-state index is 12.2. The van der Waals surface area contributed by atoms with E-state index in [2.05, 4.69) is 5.32 Å². The van der Waals surface area contributed by atoms with Crippen molar-refractivity contribution in [3.63, 3.8) is 0 Å². The molecule has 0 aromatic heterocycles. The molecule has 2 rings (SSSR count). The highest BCUT2D eigenvalue weighted by Gasteiger charge is 2.32. The Morgan fingerprint density at radius 3 is 2.56 bits per heavy atom. The van der Waals surface area contributed by atoms with Gasteiger partial charge in [0.1, 0.15) is 0 Å². The number of ether oxygens (including phenoxy) is 1. The first-order valence-corrected chi connectivity index (χ1v) is 9.11. The first-order valence-electron chi connectivity index (χ1n) is 7.95. The number of carbonyl (C=O) groups excluding carboxylic acids is 2. The molecular formula is C17H22N2O5S. The van der Waals surface area contributed by atoms with Gasteiger partial charge in [-0.25, -0.2) is 4.79 Å². The van der Waals surface area contributed by atoms with E-state index < -0.39 is 12.1 Å². The molecule has 1 heterocycles. The predicted molar refractivity (Wildman–Crippen MR) is 95.7 cm³/mol. The number of nitrogens with zero attached hydrogens (tertiary/aromatic N) is 1. The van der Waals surface area contributed by atoms with E-state index in [0.29, 0.717) is 12.2 Å². The predicted octanol–water partition coefficient (Wildman–Crippen LogP) is 1.37. The molecule has 0 bridgehead atoms. The van der Waals surface area contributed by atoms with Gasteiger partial charge in [0.15, 0.2) is 6.10 Å². The van der Waals surface area contributed by atoms with Crippen LogP contribution >= 0.6 is 11.8 Å². The molecule has 25 heavy (non-hydrogen) atoms. The number of morpholine rings is 1. The second kappa shape index (κ2) is 8.87. The number of hydrogen-bond acceptors (Lipinski definition) is 5. The second-order valence-electron chi connectivity index (χ2n) is 5.98. The number of hydrogen-bond donors (Lipinski definition) is 2. The zero-order chi connectivity index (χ0) is 18.4. The number of carboxylic acid groups (broad SMARTS) is 1. The SMILES string of the molecule is Cc1ccc(NC(=O)CSCC(=O)N2CC(C(=O)O)O[C@H](C)C2)cc1. The van der Waals surface area contributed by atoms with Gasteiger partial charge in [-0.1, -0.05) is 17.7 Å². The summed E-state index contributed by atoms with van der Waals surface area (Å²) in [5.41, 5.74) is 1.83. The van der Waals surface area contributed by atoms with Crippen molar-refractivity contribution in [3.8, 4) is 0 Å². The fraction of sp³-hybridized carbons (Fsp3) is 0.471. The molecule has 0 spiro atoms. The first kappa shape index (κ1) is 19.3.